The van der Waals surface area contributed by atoms with E-state index in [-0.39, 0.29) is 29.6 Å². The molecule has 1 atom stereocenters. The van der Waals surface area contributed by atoms with E-state index in [1.54, 1.807) is 6.07 Å². The number of phenols is 1. The van der Waals surface area contributed by atoms with Gasteiger partial charge in [-0.2, -0.15) is 0 Å². The molecule has 0 aliphatic heterocycles. The van der Waals surface area contributed by atoms with Gasteiger partial charge in [-0.25, -0.2) is 0 Å². The molecule has 16 heavy (non-hydrogen) atoms. The molecule has 2 nitrogen and oxygen atoms in total. The van der Waals surface area contributed by atoms with Crippen molar-refractivity contribution in [1.82, 2.24) is 0 Å². The largest absolute Gasteiger partial charge is 0.508 e. The van der Waals surface area contributed by atoms with Crippen molar-refractivity contribution in [2.24, 2.45) is 11.1 Å². The zero-order chi connectivity index (χ0) is 11.8. The standard InChI is InChI=1S/C11H15Br2NO.ClH/c1-11(2,3)10(14)9-7(13)4-6(12)5-8(9)15;/h4-5,10,15H,14H2,1-3H3;1H/t10-;/m0./s1. The van der Waals surface area contributed by atoms with E-state index in [1.165, 1.54) is 0 Å². The molecular weight excluding hydrogens is 357 g/mol. The fourth-order valence-corrected chi connectivity index (χ4v) is 2.76. The first-order valence-electron chi connectivity index (χ1n) is 4.67. The van der Waals surface area contributed by atoms with Crippen LogP contribution in [0.4, 0.5) is 0 Å². The Kier molecular flexibility index (Phi) is 5.80. The summed E-state index contributed by atoms with van der Waals surface area (Å²) in [5.74, 6) is 0.221. The van der Waals surface area contributed by atoms with Crippen molar-refractivity contribution >= 4 is 44.3 Å². The van der Waals surface area contributed by atoms with Gasteiger partial charge in [0.1, 0.15) is 5.75 Å². The summed E-state index contributed by atoms with van der Waals surface area (Å²) in [4.78, 5) is 0. The first kappa shape index (κ1) is 16.2. The number of phenolic OH excluding ortho intramolecular Hbond substituents is 1. The van der Waals surface area contributed by atoms with Gasteiger partial charge in [-0.15, -0.1) is 12.4 Å². The fourth-order valence-electron chi connectivity index (χ4n) is 1.31. The molecule has 0 radical (unpaired) electrons. The van der Waals surface area contributed by atoms with Gasteiger partial charge in [0.05, 0.1) is 0 Å². The minimum atomic E-state index is -0.208. The average molecular weight is 374 g/mol. The second-order valence-electron chi connectivity index (χ2n) is 4.66. The molecule has 5 heteroatoms. The van der Waals surface area contributed by atoms with Gasteiger partial charge in [0.2, 0.25) is 0 Å². The van der Waals surface area contributed by atoms with E-state index in [0.717, 1.165) is 14.5 Å². The minimum Gasteiger partial charge on any atom is -0.508 e. The van der Waals surface area contributed by atoms with Crippen molar-refractivity contribution in [2.75, 3.05) is 0 Å². The number of hydrogen-bond acceptors (Lipinski definition) is 2. The molecule has 1 aromatic rings. The maximum atomic E-state index is 9.87. The molecule has 92 valence electrons. The Morgan fingerprint density at radius 1 is 1.25 bits per heavy atom. The number of rotatable bonds is 1. The van der Waals surface area contributed by atoms with E-state index < -0.39 is 0 Å². The van der Waals surface area contributed by atoms with Crippen LogP contribution in [0, 0.1) is 5.41 Å². The third-order valence-corrected chi connectivity index (χ3v) is 3.43. The Morgan fingerprint density at radius 2 is 1.75 bits per heavy atom. The minimum absolute atomic E-state index is 0. The molecule has 0 bridgehead atoms. The Morgan fingerprint density at radius 3 is 2.12 bits per heavy atom. The lowest BCUT2D eigenvalue weighted by atomic mass is 9.83. The van der Waals surface area contributed by atoms with Gasteiger partial charge in [0.15, 0.2) is 0 Å². The second-order valence-corrected chi connectivity index (χ2v) is 6.43. The van der Waals surface area contributed by atoms with E-state index in [2.05, 4.69) is 31.9 Å². The molecule has 3 N–H and O–H groups in total. The molecule has 0 saturated heterocycles. The highest BCUT2D eigenvalue weighted by atomic mass is 79.9. The molecule has 1 rings (SSSR count). The molecule has 0 unspecified atom stereocenters. The first-order chi connectivity index (χ1) is 6.73. The smallest absolute Gasteiger partial charge is 0.122 e. The Balaban J connectivity index is 0.00000225. The van der Waals surface area contributed by atoms with Crippen molar-refractivity contribution in [3.63, 3.8) is 0 Å². The van der Waals surface area contributed by atoms with Crippen LogP contribution in [0.5, 0.6) is 5.75 Å². The Hall–Kier alpha value is 0.230. The fraction of sp³-hybridized carbons (Fsp3) is 0.455. The van der Waals surface area contributed by atoms with Crippen LogP contribution in [0.2, 0.25) is 0 Å². The van der Waals surface area contributed by atoms with E-state index in [9.17, 15) is 5.11 Å². The van der Waals surface area contributed by atoms with Crippen molar-refractivity contribution in [2.45, 2.75) is 26.8 Å². The molecule has 0 saturated carbocycles. The summed E-state index contributed by atoms with van der Waals surface area (Å²) >= 11 is 6.74. The van der Waals surface area contributed by atoms with Crippen LogP contribution in [-0.2, 0) is 0 Å². The zero-order valence-corrected chi connectivity index (χ0v) is 13.4. The second kappa shape index (κ2) is 5.71. The normalized spacial score (nSPS) is 13.1. The summed E-state index contributed by atoms with van der Waals surface area (Å²) in [7, 11) is 0. The molecule has 0 aliphatic rings. The number of nitrogens with two attached hydrogens (primary N) is 1. The molecule has 0 aromatic heterocycles. The van der Waals surface area contributed by atoms with Gasteiger partial charge < -0.3 is 10.8 Å². The summed E-state index contributed by atoms with van der Waals surface area (Å²) in [5, 5.41) is 9.87. The van der Waals surface area contributed by atoms with Crippen LogP contribution in [0.15, 0.2) is 21.1 Å². The highest BCUT2D eigenvalue weighted by Gasteiger charge is 2.26. The van der Waals surface area contributed by atoms with Gasteiger partial charge in [0.25, 0.3) is 0 Å². The lowest BCUT2D eigenvalue weighted by molar-refractivity contribution is 0.316. The lowest BCUT2D eigenvalue weighted by Gasteiger charge is -2.28. The van der Waals surface area contributed by atoms with Crippen molar-refractivity contribution in [3.8, 4) is 5.75 Å². The number of halogens is 3. The summed E-state index contributed by atoms with van der Waals surface area (Å²) in [6.07, 6.45) is 0. The third-order valence-electron chi connectivity index (χ3n) is 2.32. The van der Waals surface area contributed by atoms with E-state index in [0.29, 0.717) is 0 Å². The van der Waals surface area contributed by atoms with E-state index in [1.807, 2.05) is 26.8 Å². The van der Waals surface area contributed by atoms with Crippen LogP contribution in [-0.4, -0.2) is 5.11 Å². The quantitative estimate of drug-likeness (QED) is 0.767. The van der Waals surface area contributed by atoms with Gasteiger partial charge in [0, 0.05) is 20.6 Å². The van der Waals surface area contributed by atoms with E-state index in [4.69, 9.17) is 5.73 Å². The number of aromatic hydroxyl groups is 1. The van der Waals surface area contributed by atoms with Gasteiger partial charge in [-0.05, 0) is 17.5 Å². The summed E-state index contributed by atoms with van der Waals surface area (Å²) in [6.45, 7) is 6.14. The summed E-state index contributed by atoms with van der Waals surface area (Å²) < 4.78 is 1.66. The van der Waals surface area contributed by atoms with Gasteiger partial charge >= 0.3 is 0 Å². The van der Waals surface area contributed by atoms with Gasteiger partial charge in [-0.3, -0.25) is 0 Å². The van der Waals surface area contributed by atoms with Crippen LogP contribution in [0.1, 0.15) is 32.4 Å². The predicted octanol–water partition coefficient (Wildman–Crippen LogP) is 4.38. The highest BCUT2D eigenvalue weighted by Crippen LogP contribution is 2.40. The molecule has 0 aliphatic carbocycles. The topological polar surface area (TPSA) is 46.2 Å². The molecule has 1 aromatic carbocycles. The third kappa shape index (κ3) is 3.62. The maximum Gasteiger partial charge on any atom is 0.122 e. The SMILES string of the molecule is CC(C)(C)[C@@H](N)c1c(O)cc(Br)cc1Br.Cl. The van der Waals surface area contributed by atoms with Crippen LogP contribution >= 0.6 is 44.3 Å². The summed E-state index contributed by atoms with van der Waals surface area (Å²) in [6, 6.07) is 3.34. The average Bonchev–Trinajstić information content (AvgIpc) is 1.99. The molecule has 0 amide bonds. The summed E-state index contributed by atoms with van der Waals surface area (Å²) in [5.41, 5.74) is 6.78. The molecule has 0 spiro atoms. The lowest BCUT2D eigenvalue weighted by Crippen LogP contribution is -2.26. The van der Waals surface area contributed by atoms with Crippen LogP contribution in [0.3, 0.4) is 0 Å². The number of benzene rings is 1. The Labute approximate surface area is 119 Å². The highest BCUT2D eigenvalue weighted by molar-refractivity contribution is 9.11. The molecule has 0 fully saturated rings. The zero-order valence-electron chi connectivity index (χ0n) is 9.42. The van der Waals surface area contributed by atoms with Crippen LogP contribution < -0.4 is 5.73 Å². The first-order valence-corrected chi connectivity index (χ1v) is 6.25. The maximum absolute atomic E-state index is 9.87. The van der Waals surface area contributed by atoms with E-state index >= 15 is 0 Å². The monoisotopic (exact) mass is 371 g/mol. The number of hydrogen-bond donors (Lipinski definition) is 2. The van der Waals surface area contributed by atoms with Gasteiger partial charge in [-0.1, -0.05) is 52.6 Å². The van der Waals surface area contributed by atoms with Crippen molar-refractivity contribution in [1.29, 1.82) is 0 Å². The molecule has 0 heterocycles. The molecular formula is C11H16Br2ClNO. The predicted molar refractivity (Wildman–Crippen MR) is 77.1 cm³/mol. The van der Waals surface area contributed by atoms with Crippen molar-refractivity contribution < 1.29 is 5.11 Å². The Bertz CT molecular complexity index is 354. The van der Waals surface area contributed by atoms with Crippen LogP contribution in [0.25, 0.3) is 0 Å². The van der Waals surface area contributed by atoms with Crippen molar-refractivity contribution in [3.05, 3.63) is 26.6 Å².